The number of benzene rings is 1. The maximum Gasteiger partial charge on any atom is 0.427 e. The van der Waals surface area contributed by atoms with Gasteiger partial charge in [-0.2, -0.15) is 13.2 Å². The van der Waals surface area contributed by atoms with Gasteiger partial charge in [0.05, 0.1) is 31.6 Å². The molecule has 0 unspecified atom stereocenters. The lowest BCUT2D eigenvalue weighted by Crippen LogP contribution is -2.60. The summed E-state index contributed by atoms with van der Waals surface area (Å²) >= 11 is 0. The normalized spacial score (nSPS) is 29.9. The van der Waals surface area contributed by atoms with Gasteiger partial charge in [0, 0.05) is 36.2 Å². The van der Waals surface area contributed by atoms with E-state index in [1.807, 2.05) is 42.0 Å². The van der Waals surface area contributed by atoms with Crippen LogP contribution in [-0.4, -0.2) is 122 Å². The average Bonchev–Trinajstić information content (AvgIpc) is 4.12. The van der Waals surface area contributed by atoms with E-state index >= 15 is 0 Å². The van der Waals surface area contributed by atoms with Crippen LogP contribution in [0.15, 0.2) is 42.6 Å². The molecule has 0 bridgehead atoms. The molecule has 62 heavy (non-hydrogen) atoms. The Bertz CT molecular complexity index is 2200. The first-order chi connectivity index (χ1) is 29.2. The second-order valence-electron chi connectivity index (χ2n) is 17.9. The zero-order chi connectivity index (χ0) is 44.8. The lowest BCUT2D eigenvalue weighted by molar-refractivity contribution is -0.244. The number of anilines is 1. The number of nitrogens with one attached hydrogen (secondary N) is 3. The number of pyridine rings is 1. The number of ether oxygens (including phenoxy) is 3. The summed E-state index contributed by atoms with van der Waals surface area (Å²) in [6.45, 7) is 5.91. The number of halogens is 4. The maximum atomic E-state index is 14.9. The molecule has 2 saturated carbocycles. The van der Waals surface area contributed by atoms with Gasteiger partial charge in [-0.1, -0.05) is 44.2 Å². The van der Waals surface area contributed by atoms with Crippen LogP contribution in [0.1, 0.15) is 72.6 Å². The number of hydrogen-bond donors (Lipinski definition) is 3. The van der Waals surface area contributed by atoms with Crippen molar-refractivity contribution >= 4 is 50.3 Å². The molecule has 340 valence electrons. The fourth-order valence-corrected chi connectivity index (χ4v) is 10.1. The van der Waals surface area contributed by atoms with Gasteiger partial charge in [0.1, 0.15) is 35.1 Å². The fourth-order valence-electron chi connectivity index (χ4n) is 8.66. The quantitative estimate of drug-likeness (QED) is 0.235. The summed E-state index contributed by atoms with van der Waals surface area (Å²) in [5, 5.41) is 6.62. The van der Waals surface area contributed by atoms with Crippen molar-refractivity contribution in [2.75, 3.05) is 44.4 Å². The summed E-state index contributed by atoms with van der Waals surface area (Å²) in [4.78, 5) is 64.6. The number of amides is 4. The number of fused-ring (bicyclic) bond motifs is 3. The lowest BCUT2D eigenvalue weighted by Gasteiger charge is -2.34. The van der Waals surface area contributed by atoms with Crippen LogP contribution in [0.2, 0.25) is 0 Å². The number of allylic oxidation sites excluding steroid dienone is 1. The monoisotopic (exact) mass is 894 g/mol. The van der Waals surface area contributed by atoms with E-state index in [1.54, 1.807) is 19.2 Å². The Kier molecular flexibility index (Phi) is 12.5. The highest BCUT2D eigenvalue weighted by Crippen LogP contribution is 2.48. The molecule has 4 amide bonds. The zero-order valence-corrected chi connectivity index (χ0v) is 36.0. The molecule has 7 rings (SSSR count). The van der Waals surface area contributed by atoms with E-state index in [-0.39, 0.29) is 44.0 Å². The first kappa shape index (κ1) is 45.3. The Hall–Kier alpha value is -4.72. The Morgan fingerprint density at radius 3 is 2.42 bits per heavy atom. The minimum atomic E-state index is -4.93. The largest absolute Gasteiger partial charge is 0.472 e. The maximum absolute atomic E-state index is 14.9. The van der Waals surface area contributed by atoms with Crippen LogP contribution in [0.4, 0.5) is 28.0 Å². The standard InChI is InChI=1S/C42H54F4N6O9S/c1-25-9-5-6-10-27-21-41(27,37(55)50-62(57,58)40(24-43)13-14-40)49-34(53)31-20-28(60-35-30-12-8-7-11-29(30)32(22-47-35)51-15-17-59-18-16-51)23-52(31)36(54)33(26(2)19-25)48-38(56)61-39(3,4)42(44,45)46/h6-8,10-12,22,25-28,31,33H,5,9,13-21,23-24H2,1-4H3,(H,48,56)(H,49,53)(H,50,55)/b10-6-/t25-,26+,27+,28+,31-,33-,41+/m0/s1. The number of rotatable bonds is 9. The van der Waals surface area contributed by atoms with Crippen LogP contribution in [0.25, 0.3) is 10.8 Å². The fraction of sp³-hybridized carbons (Fsp3) is 0.643. The van der Waals surface area contributed by atoms with Gasteiger partial charge in [-0.3, -0.25) is 19.1 Å². The molecule has 0 spiro atoms. The van der Waals surface area contributed by atoms with Crippen LogP contribution < -0.4 is 25.0 Å². The highest BCUT2D eigenvalue weighted by atomic mass is 32.2. The summed E-state index contributed by atoms with van der Waals surface area (Å²) in [5.74, 6) is -3.85. The van der Waals surface area contributed by atoms with E-state index in [0.717, 1.165) is 11.1 Å². The molecule has 4 fully saturated rings. The molecule has 5 aliphatic rings. The number of aromatic nitrogens is 1. The van der Waals surface area contributed by atoms with E-state index in [9.17, 15) is 45.2 Å². The van der Waals surface area contributed by atoms with Gasteiger partial charge in [0.15, 0.2) is 0 Å². The number of nitrogens with zero attached hydrogens (tertiary/aromatic N) is 3. The number of carbonyl (C=O) groups is 4. The summed E-state index contributed by atoms with van der Waals surface area (Å²) in [5.41, 5.74) is -3.81. The number of alkyl carbamates (subject to hydrolysis) is 1. The zero-order valence-electron chi connectivity index (χ0n) is 35.1. The number of morpholine rings is 1. The number of alkyl halides is 4. The Labute approximate surface area is 357 Å². The highest BCUT2D eigenvalue weighted by molar-refractivity contribution is 7.91. The highest BCUT2D eigenvalue weighted by Gasteiger charge is 2.64. The molecular weight excluding hydrogens is 841 g/mol. The first-order valence-electron chi connectivity index (χ1n) is 21.1. The van der Waals surface area contributed by atoms with Crippen molar-refractivity contribution in [1.29, 1.82) is 0 Å². The molecule has 1 aromatic heterocycles. The molecule has 20 heteroatoms. The lowest BCUT2D eigenvalue weighted by atomic mass is 9.88. The predicted molar refractivity (Wildman–Crippen MR) is 218 cm³/mol. The van der Waals surface area contributed by atoms with Crippen molar-refractivity contribution < 1.29 is 59.4 Å². The molecule has 2 saturated heterocycles. The molecule has 2 aromatic rings. The summed E-state index contributed by atoms with van der Waals surface area (Å²) < 4.78 is 98.9. The van der Waals surface area contributed by atoms with Crippen LogP contribution in [-0.2, 0) is 33.9 Å². The third-order valence-electron chi connectivity index (χ3n) is 12.9. The molecule has 7 atom stereocenters. The smallest absolute Gasteiger partial charge is 0.427 e. The molecule has 3 aliphatic heterocycles. The molecule has 3 N–H and O–H groups in total. The number of hydrogen-bond acceptors (Lipinski definition) is 11. The summed E-state index contributed by atoms with van der Waals surface area (Å²) in [6, 6.07) is 4.60. The van der Waals surface area contributed by atoms with E-state index in [1.165, 1.54) is 4.90 Å². The van der Waals surface area contributed by atoms with Crippen LogP contribution >= 0.6 is 0 Å². The summed E-state index contributed by atoms with van der Waals surface area (Å²) in [6.07, 6.45) is -0.757. The van der Waals surface area contributed by atoms with Gasteiger partial charge in [-0.25, -0.2) is 22.6 Å². The van der Waals surface area contributed by atoms with E-state index in [4.69, 9.17) is 14.2 Å². The van der Waals surface area contributed by atoms with E-state index < -0.39 is 92.6 Å². The van der Waals surface area contributed by atoms with Crippen molar-refractivity contribution in [3.63, 3.8) is 0 Å². The van der Waals surface area contributed by atoms with Crippen molar-refractivity contribution in [2.24, 2.45) is 17.8 Å². The van der Waals surface area contributed by atoms with Gasteiger partial charge in [-0.15, -0.1) is 0 Å². The van der Waals surface area contributed by atoms with Gasteiger partial charge < -0.3 is 34.6 Å². The molecule has 0 radical (unpaired) electrons. The molecule has 4 heterocycles. The average molecular weight is 895 g/mol. The summed E-state index contributed by atoms with van der Waals surface area (Å²) in [7, 11) is -4.47. The predicted octanol–water partition coefficient (Wildman–Crippen LogP) is 4.69. The topological polar surface area (TPSA) is 186 Å². The number of sulfonamides is 1. The van der Waals surface area contributed by atoms with Crippen LogP contribution in [0.5, 0.6) is 5.88 Å². The molecule has 15 nitrogen and oxygen atoms in total. The SMILES string of the molecule is C[C@H]1CC/C=C\[C@@H]2C[C@@]2(C(=O)NS(=O)(=O)C2(CF)CC2)NC(=O)[C@@H]2C[C@@H](Oc3ncc(N4CCOCC4)c4ccccc34)CN2C(=O)[C@@H](NC(=O)OC(C)(C)C(F)(F)F)[C@H](C)C1. The van der Waals surface area contributed by atoms with Gasteiger partial charge >= 0.3 is 12.3 Å². The van der Waals surface area contributed by atoms with Crippen molar-refractivity contribution in [1.82, 2.24) is 25.2 Å². The van der Waals surface area contributed by atoms with Crippen molar-refractivity contribution in [2.45, 2.75) is 113 Å². The minimum Gasteiger partial charge on any atom is -0.472 e. The van der Waals surface area contributed by atoms with Crippen LogP contribution in [0, 0.1) is 17.8 Å². The molecule has 2 aliphatic carbocycles. The Balaban J connectivity index is 1.23. The van der Waals surface area contributed by atoms with E-state index in [0.29, 0.717) is 64.8 Å². The second-order valence-corrected chi connectivity index (χ2v) is 20.0. The Morgan fingerprint density at radius 2 is 1.76 bits per heavy atom. The van der Waals surface area contributed by atoms with Crippen molar-refractivity contribution in [3.05, 3.63) is 42.6 Å². The number of carbonyl (C=O) groups excluding carboxylic acids is 4. The van der Waals surface area contributed by atoms with Gasteiger partial charge in [0.25, 0.3) is 5.91 Å². The third-order valence-corrected chi connectivity index (χ3v) is 15.0. The van der Waals surface area contributed by atoms with Gasteiger partial charge in [-0.05, 0) is 70.3 Å². The second kappa shape index (κ2) is 17.1. The molecular formula is C42H54F4N6O9S. The van der Waals surface area contributed by atoms with E-state index in [2.05, 4.69) is 20.5 Å². The first-order valence-corrected chi connectivity index (χ1v) is 22.5. The minimum absolute atomic E-state index is 0.0167. The van der Waals surface area contributed by atoms with Crippen molar-refractivity contribution in [3.8, 4) is 5.88 Å². The van der Waals surface area contributed by atoms with Crippen LogP contribution in [0.3, 0.4) is 0 Å². The Morgan fingerprint density at radius 1 is 1.06 bits per heavy atom. The molecule has 1 aromatic carbocycles. The third kappa shape index (κ3) is 9.03. The van der Waals surface area contributed by atoms with Gasteiger partial charge in [0.2, 0.25) is 33.3 Å².